The summed E-state index contributed by atoms with van der Waals surface area (Å²) >= 11 is 0. The minimum atomic E-state index is -3.87. The molecule has 0 fully saturated rings. The van der Waals surface area contributed by atoms with Gasteiger partial charge in [0.05, 0.1) is 0 Å². The fourth-order valence-corrected chi connectivity index (χ4v) is 3.44. The third-order valence-electron chi connectivity index (χ3n) is 3.47. The molecule has 1 aliphatic rings. The van der Waals surface area contributed by atoms with Crippen LogP contribution in [0, 0.1) is 10.1 Å². The van der Waals surface area contributed by atoms with E-state index in [2.05, 4.69) is 9.71 Å². The minimum Gasteiger partial charge on any atom is -0.423 e. The fourth-order valence-electron chi connectivity index (χ4n) is 2.44. The van der Waals surface area contributed by atoms with Crippen LogP contribution in [0.5, 0.6) is 0 Å². The normalized spacial score (nSPS) is 16.7. The van der Waals surface area contributed by atoms with Crippen LogP contribution in [0.4, 0.5) is 5.69 Å². The number of sulfonamides is 1. The van der Waals surface area contributed by atoms with Crippen molar-refractivity contribution in [1.29, 1.82) is 0 Å². The summed E-state index contributed by atoms with van der Waals surface area (Å²) in [7, 11) is -5.22. The molecule has 1 atom stereocenters. The Balaban J connectivity index is 1.87. The van der Waals surface area contributed by atoms with Crippen LogP contribution in [0.3, 0.4) is 0 Å². The van der Waals surface area contributed by atoms with Gasteiger partial charge in [-0.05, 0) is 35.3 Å². The number of hydrogen-bond donors (Lipinski definition) is 2. The van der Waals surface area contributed by atoms with Gasteiger partial charge in [-0.2, -0.15) is 8.42 Å². The lowest BCUT2D eigenvalue weighted by atomic mass is 9.79. The second-order valence-corrected chi connectivity index (χ2v) is 6.74. The predicted molar refractivity (Wildman–Crippen MR) is 84.8 cm³/mol. The van der Waals surface area contributed by atoms with E-state index in [9.17, 15) is 23.6 Å². The molecule has 0 saturated heterocycles. The van der Waals surface area contributed by atoms with Crippen LogP contribution in [-0.4, -0.2) is 37.0 Å². The third kappa shape index (κ3) is 3.23. The maximum Gasteiger partial charge on any atom is 0.492 e. The number of pyridine rings is 1. The quantitative estimate of drug-likeness (QED) is 0.438. The molecule has 1 aromatic carbocycles. The lowest BCUT2D eigenvalue weighted by Crippen LogP contribution is -2.28. The number of benzene rings is 1. The average Bonchev–Trinajstić information content (AvgIpc) is 2.83. The third-order valence-corrected chi connectivity index (χ3v) is 4.77. The topological polar surface area (TPSA) is 132 Å². The molecule has 2 heterocycles. The Bertz CT molecular complexity index is 877. The Morgan fingerprint density at radius 1 is 1.38 bits per heavy atom. The van der Waals surface area contributed by atoms with E-state index in [1.54, 1.807) is 12.1 Å². The van der Waals surface area contributed by atoms with E-state index < -0.39 is 34.7 Å². The number of aromatic nitrogens is 1. The first-order valence-electron chi connectivity index (χ1n) is 6.90. The molecule has 3 rings (SSSR count). The highest BCUT2D eigenvalue weighted by Gasteiger charge is 2.38. The van der Waals surface area contributed by atoms with E-state index in [-0.39, 0.29) is 10.7 Å². The molecule has 1 unspecified atom stereocenters. The molecule has 0 aliphatic carbocycles. The van der Waals surface area contributed by atoms with Gasteiger partial charge in [-0.1, -0.05) is 12.1 Å². The van der Waals surface area contributed by atoms with Gasteiger partial charge in [0.2, 0.25) is 6.54 Å². The molecule has 0 spiro atoms. The Kier molecular flexibility index (Phi) is 4.22. The van der Waals surface area contributed by atoms with E-state index in [0.29, 0.717) is 11.0 Å². The van der Waals surface area contributed by atoms with Crippen molar-refractivity contribution in [3.8, 4) is 0 Å². The molecule has 0 radical (unpaired) electrons. The van der Waals surface area contributed by atoms with Crippen molar-refractivity contribution in [1.82, 2.24) is 4.98 Å². The van der Waals surface area contributed by atoms with Crippen LogP contribution in [0.1, 0.15) is 11.7 Å². The van der Waals surface area contributed by atoms with E-state index in [1.807, 2.05) is 0 Å². The smallest absolute Gasteiger partial charge is 0.423 e. The van der Waals surface area contributed by atoms with Crippen molar-refractivity contribution in [2.24, 2.45) is 0 Å². The molecule has 24 heavy (non-hydrogen) atoms. The Labute approximate surface area is 137 Å². The number of nitrogens with one attached hydrogen (secondary N) is 1. The van der Waals surface area contributed by atoms with Gasteiger partial charge in [0.15, 0.2) is 5.03 Å². The monoisotopic (exact) mass is 349 g/mol. The Morgan fingerprint density at radius 2 is 2.17 bits per heavy atom. The number of rotatable bonds is 5. The molecule has 11 heteroatoms. The lowest BCUT2D eigenvalue weighted by Gasteiger charge is -2.10. The van der Waals surface area contributed by atoms with Crippen molar-refractivity contribution in [2.75, 3.05) is 11.3 Å². The largest absolute Gasteiger partial charge is 0.492 e. The summed E-state index contributed by atoms with van der Waals surface area (Å²) in [5, 5.41) is 20.4. The summed E-state index contributed by atoms with van der Waals surface area (Å²) < 4.78 is 32.0. The predicted octanol–water partition coefficient (Wildman–Crippen LogP) is -0.0821. The molecule has 0 amide bonds. The first-order chi connectivity index (χ1) is 11.4. The van der Waals surface area contributed by atoms with Gasteiger partial charge in [0.1, 0.15) is 6.10 Å². The maximum absolute atomic E-state index is 12.2. The first-order valence-corrected chi connectivity index (χ1v) is 8.38. The van der Waals surface area contributed by atoms with E-state index in [1.165, 1.54) is 30.5 Å². The van der Waals surface area contributed by atoms with Gasteiger partial charge < -0.3 is 9.68 Å². The SMILES string of the molecule is O=[N+]([O-])CC1OB(O)c2cc(NS(=O)(=O)c3ccccn3)ccc21. The number of hydrogen-bond acceptors (Lipinski definition) is 7. The molecular formula is C13H12BN3O6S. The van der Waals surface area contributed by atoms with Gasteiger partial charge in [-0.25, -0.2) is 4.98 Å². The van der Waals surface area contributed by atoms with Crippen molar-refractivity contribution in [3.05, 3.63) is 58.3 Å². The van der Waals surface area contributed by atoms with Crippen molar-refractivity contribution in [2.45, 2.75) is 11.1 Å². The lowest BCUT2D eigenvalue weighted by molar-refractivity contribution is -0.490. The summed E-state index contributed by atoms with van der Waals surface area (Å²) in [6, 6.07) is 8.83. The Morgan fingerprint density at radius 3 is 2.83 bits per heavy atom. The number of fused-ring (bicyclic) bond motifs is 1. The summed E-state index contributed by atoms with van der Waals surface area (Å²) in [4.78, 5) is 13.9. The van der Waals surface area contributed by atoms with Crippen LogP contribution in [0.2, 0.25) is 0 Å². The maximum atomic E-state index is 12.2. The highest BCUT2D eigenvalue weighted by atomic mass is 32.2. The zero-order valence-corrected chi connectivity index (χ0v) is 13.0. The molecule has 0 saturated carbocycles. The van der Waals surface area contributed by atoms with Crippen LogP contribution in [-0.2, 0) is 14.7 Å². The standard InChI is InChI=1S/C13H12BN3O6S/c18-14-11-7-9(4-5-10(11)12(23-14)8-17(19)20)16-24(21,22)13-3-1-2-6-15-13/h1-7,12,16,18H,8H2. The van der Waals surface area contributed by atoms with Crippen molar-refractivity contribution in [3.63, 3.8) is 0 Å². The minimum absolute atomic E-state index is 0.145. The molecular weight excluding hydrogens is 337 g/mol. The van der Waals surface area contributed by atoms with Gasteiger partial charge in [-0.3, -0.25) is 14.8 Å². The molecule has 124 valence electrons. The number of nitrogens with zero attached hydrogens (tertiary/aromatic N) is 2. The summed E-state index contributed by atoms with van der Waals surface area (Å²) in [6.07, 6.45) is 0.489. The first kappa shape index (κ1) is 16.4. The summed E-state index contributed by atoms with van der Waals surface area (Å²) in [5.41, 5.74) is 0.951. The second-order valence-electron chi connectivity index (χ2n) is 5.11. The number of anilines is 1. The molecule has 2 aromatic rings. The molecule has 0 bridgehead atoms. The van der Waals surface area contributed by atoms with Crippen LogP contribution >= 0.6 is 0 Å². The molecule has 9 nitrogen and oxygen atoms in total. The highest BCUT2D eigenvalue weighted by Crippen LogP contribution is 2.26. The zero-order valence-electron chi connectivity index (χ0n) is 12.2. The summed E-state index contributed by atoms with van der Waals surface area (Å²) in [6.45, 7) is -0.483. The van der Waals surface area contributed by atoms with Gasteiger partial charge in [0, 0.05) is 16.8 Å². The summed E-state index contributed by atoms with van der Waals surface area (Å²) in [5.74, 6) is 0. The number of nitro groups is 1. The van der Waals surface area contributed by atoms with E-state index >= 15 is 0 Å². The van der Waals surface area contributed by atoms with Gasteiger partial charge in [-0.15, -0.1) is 0 Å². The van der Waals surface area contributed by atoms with Crippen LogP contribution < -0.4 is 10.2 Å². The van der Waals surface area contributed by atoms with Gasteiger partial charge in [0.25, 0.3) is 10.0 Å². The zero-order chi connectivity index (χ0) is 17.3. The van der Waals surface area contributed by atoms with Crippen LogP contribution in [0.25, 0.3) is 0 Å². The molecule has 2 N–H and O–H groups in total. The molecule has 1 aliphatic heterocycles. The fraction of sp³-hybridized carbons (Fsp3) is 0.154. The Hall–Kier alpha value is -2.50. The molecule has 1 aromatic heterocycles. The average molecular weight is 349 g/mol. The van der Waals surface area contributed by atoms with Crippen molar-refractivity contribution >= 4 is 28.3 Å². The van der Waals surface area contributed by atoms with Crippen LogP contribution in [0.15, 0.2) is 47.6 Å². The van der Waals surface area contributed by atoms with E-state index in [4.69, 9.17) is 4.65 Å². The second kappa shape index (κ2) is 6.19. The van der Waals surface area contributed by atoms with Gasteiger partial charge >= 0.3 is 7.12 Å². The van der Waals surface area contributed by atoms with Crippen molar-refractivity contribution < 1.29 is 23.0 Å². The highest BCUT2D eigenvalue weighted by molar-refractivity contribution is 7.92. The van der Waals surface area contributed by atoms with E-state index in [0.717, 1.165) is 0 Å².